The van der Waals surface area contributed by atoms with Gasteiger partial charge in [-0.05, 0) is 39.5 Å². The van der Waals surface area contributed by atoms with Crippen LogP contribution in [0.3, 0.4) is 0 Å². The Morgan fingerprint density at radius 1 is 1.14 bits per heavy atom. The van der Waals surface area contributed by atoms with E-state index in [-0.39, 0.29) is 6.04 Å². The van der Waals surface area contributed by atoms with Crippen LogP contribution in [0.15, 0.2) is 38.6 Å². The van der Waals surface area contributed by atoms with Gasteiger partial charge in [-0.2, -0.15) is 0 Å². The third-order valence-corrected chi connectivity index (χ3v) is 5.97. The highest BCUT2D eigenvalue weighted by molar-refractivity contribution is 9.11. The van der Waals surface area contributed by atoms with Crippen molar-refractivity contribution in [3.8, 4) is 5.75 Å². The van der Waals surface area contributed by atoms with Crippen LogP contribution < -0.4 is 5.32 Å². The smallest absolute Gasteiger partial charge is 0.136 e. The van der Waals surface area contributed by atoms with Crippen molar-refractivity contribution in [1.29, 1.82) is 0 Å². The van der Waals surface area contributed by atoms with Crippen LogP contribution in [-0.4, -0.2) is 36.2 Å². The zero-order chi connectivity index (χ0) is 14.8. The third-order valence-electron chi connectivity index (χ3n) is 3.72. The first-order valence-corrected chi connectivity index (χ1v) is 9.30. The molecular formula is C15H16Br2N2OS. The number of halogens is 2. The number of thiophene rings is 1. The third kappa shape index (κ3) is 3.19. The summed E-state index contributed by atoms with van der Waals surface area (Å²) in [6.45, 7) is 3.91. The molecule has 1 fully saturated rings. The molecule has 0 amide bonds. The highest BCUT2D eigenvalue weighted by atomic mass is 79.9. The molecule has 1 atom stereocenters. The highest BCUT2D eigenvalue weighted by Gasteiger charge is 2.29. The van der Waals surface area contributed by atoms with Gasteiger partial charge < -0.3 is 10.4 Å². The van der Waals surface area contributed by atoms with Crippen LogP contribution in [0.25, 0.3) is 0 Å². The number of phenols is 1. The van der Waals surface area contributed by atoms with E-state index in [9.17, 15) is 5.11 Å². The Morgan fingerprint density at radius 3 is 2.52 bits per heavy atom. The van der Waals surface area contributed by atoms with Crippen molar-refractivity contribution in [2.75, 3.05) is 26.2 Å². The minimum atomic E-state index is 0.0824. The second kappa shape index (κ2) is 6.79. The van der Waals surface area contributed by atoms with Crippen molar-refractivity contribution in [1.82, 2.24) is 10.2 Å². The molecule has 0 saturated carbocycles. The quantitative estimate of drug-likeness (QED) is 0.771. The van der Waals surface area contributed by atoms with E-state index in [2.05, 4.69) is 59.6 Å². The van der Waals surface area contributed by atoms with Crippen LogP contribution in [-0.2, 0) is 0 Å². The standard InChI is InChI=1S/C15H16Br2N2OS/c16-10-3-4-11(17)15(20)13(10)14(12-2-1-9-21-12)19-7-5-18-6-8-19/h1-4,9,14,18,20H,5-8H2/t14-/m1/s1. The number of hydrogen-bond acceptors (Lipinski definition) is 4. The summed E-state index contributed by atoms with van der Waals surface area (Å²) >= 11 is 8.79. The van der Waals surface area contributed by atoms with Gasteiger partial charge in [-0.15, -0.1) is 11.3 Å². The van der Waals surface area contributed by atoms with Gasteiger partial charge in [0.15, 0.2) is 0 Å². The number of piperazine rings is 1. The predicted molar refractivity (Wildman–Crippen MR) is 94.1 cm³/mol. The van der Waals surface area contributed by atoms with Gasteiger partial charge in [0.25, 0.3) is 0 Å². The number of hydrogen-bond donors (Lipinski definition) is 2. The average molecular weight is 432 g/mol. The van der Waals surface area contributed by atoms with Crippen molar-refractivity contribution in [3.05, 3.63) is 49.0 Å². The van der Waals surface area contributed by atoms with Gasteiger partial charge in [0.2, 0.25) is 0 Å². The zero-order valence-corrected chi connectivity index (χ0v) is 15.3. The fraction of sp³-hybridized carbons (Fsp3) is 0.333. The normalized spacial score (nSPS) is 17.8. The van der Waals surface area contributed by atoms with E-state index < -0.39 is 0 Å². The van der Waals surface area contributed by atoms with E-state index in [0.29, 0.717) is 5.75 Å². The SMILES string of the molecule is Oc1c(Br)ccc(Br)c1[C@@H](c1cccs1)N1CCNCC1. The van der Waals surface area contributed by atoms with Gasteiger partial charge in [-0.3, -0.25) is 4.90 Å². The van der Waals surface area contributed by atoms with Crippen LogP contribution >= 0.6 is 43.2 Å². The Morgan fingerprint density at radius 2 is 1.86 bits per heavy atom. The predicted octanol–water partition coefficient (Wildman–Crippen LogP) is 3.97. The molecule has 1 aromatic heterocycles. The van der Waals surface area contributed by atoms with E-state index >= 15 is 0 Å². The number of nitrogens with one attached hydrogen (secondary N) is 1. The van der Waals surface area contributed by atoms with E-state index in [4.69, 9.17) is 0 Å². The lowest BCUT2D eigenvalue weighted by Crippen LogP contribution is -2.45. The molecule has 3 nitrogen and oxygen atoms in total. The molecule has 3 rings (SSSR count). The molecule has 0 spiro atoms. The maximum Gasteiger partial charge on any atom is 0.136 e. The Kier molecular flexibility index (Phi) is 5.01. The summed E-state index contributed by atoms with van der Waals surface area (Å²) in [6.07, 6.45) is 0. The number of aromatic hydroxyl groups is 1. The van der Waals surface area contributed by atoms with Crippen molar-refractivity contribution >= 4 is 43.2 Å². The van der Waals surface area contributed by atoms with Crippen LogP contribution in [0, 0.1) is 0 Å². The number of nitrogens with zero attached hydrogens (tertiary/aromatic N) is 1. The maximum atomic E-state index is 10.6. The summed E-state index contributed by atoms with van der Waals surface area (Å²) in [5.41, 5.74) is 0.939. The molecule has 1 aromatic carbocycles. The Bertz CT molecular complexity index is 612. The Balaban J connectivity index is 2.09. The summed E-state index contributed by atoms with van der Waals surface area (Å²) in [7, 11) is 0. The number of benzene rings is 1. The second-order valence-corrected chi connectivity index (χ2v) is 7.68. The molecule has 0 unspecified atom stereocenters. The second-order valence-electron chi connectivity index (χ2n) is 5.00. The Hall–Kier alpha value is -0.400. The lowest BCUT2D eigenvalue weighted by Gasteiger charge is -2.35. The Labute approximate surface area is 145 Å². The van der Waals surface area contributed by atoms with Crippen LogP contribution in [0.2, 0.25) is 0 Å². The zero-order valence-electron chi connectivity index (χ0n) is 11.4. The molecule has 6 heteroatoms. The monoisotopic (exact) mass is 430 g/mol. The molecule has 2 aromatic rings. The maximum absolute atomic E-state index is 10.6. The summed E-state index contributed by atoms with van der Waals surface area (Å²) in [6, 6.07) is 8.15. The molecule has 2 heterocycles. The lowest BCUT2D eigenvalue weighted by atomic mass is 10.0. The molecule has 112 valence electrons. The van der Waals surface area contributed by atoms with Crippen molar-refractivity contribution in [2.45, 2.75) is 6.04 Å². The first kappa shape index (κ1) is 15.5. The highest BCUT2D eigenvalue weighted by Crippen LogP contribution is 2.43. The van der Waals surface area contributed by atoms with Crippen molar-refractivity contribution in [3.63, 3.8) is 0 Å². The first-order valence-electron chi connectivity index (χ1n) is 6.83. The molecule has 0 aliphatic carbocycles. The van der Waals surface area contributed by atoms with Crippen molar-refractivity contribution in [2.24, 2.45) is 0 Å². The minimum absolute atomic E-state index is 0.0824. The van der Waals surface area contributed by atoms with E-state index in [1.807, 2.05) is 12.1 Å². The average Bonchev–Trinajstić information content (AvgIpc) is 3.02. The van der Waals surface area contributed by atoms with Crippen LogP contribution in [0.4, 0.5) is 0 Å². The summed E-state index contributed by atoms with van der Waals surface area (Å²) in [4.78, 5) is 3.68. The first-order chi connectivity index (χ1) is 10.2. The van der Waals surface area contributed by atoms with Gasteiger partial charge in [-0.25, -0.2) is 0 Å². The van der Waals surface area contributed by atoms with Crippen LogP contribution in [0.1, 0.15) is 16.5 Å². The fourth-order valence-electron chi connectivity index (χ4n) is 2.71. The van der Waals surface area contributed by atoms with E-state index in [0.717, 1.165) is 40.7 Å². The largest absolute Gasteiger partial charge is 0.506 e. The van der Waals surface area contributed by atoms with E-state index in [1.165, 1.54) is 4.88 Å². The number of rotatable bonds is 3. The molecular weight excluding hydrogens is 416 g/mol. The molecule has 1 aliphatic heterocycles. The molecule has 2 N–H and O–H groups in total. The van der Waals surface area contributed by atoms with Gasteiger partial charge in [0, 0.05) is 41.1 Å². The fourth-order valence-corrected chi connectivity index (χ4v) is 4.46. The molecule has 0 radical (unpaired) electrons. The van der Waals surface area contributed by atoms with Gasteiger partial charge in [0.05, 0.1) is 10.5 Å². The lowest BCUT2D eigenvalue weighted by molar-refractivity contribution is 0.197. The summed E-state index contributed by atoms with van der Waals surface area (Å²) in [5.74, 6) is 0.321. The van der Waals surface area contributed by atoms with Gasteiger partial charge in [-0.1, -0.05) is 22.0 Å². The number of phenolic OH excluding ortho intramolecular Hbond substituents is 1. The molecule has 0 bridgehead atoms. The topological polar surface area (TPSA) is 35.5 Å². The van der Waals surface area contributed by atoms with Crippen molar-refractivity contribution < 1.29 is 5.11 Å². The molecule has 1 saturated heterocycles. The summed E-state index contributed by atoms with van der Waals surface area (Å²) < 4.78 is 1.68. The van der Waals surface area contributed by atoms with Crippen LogP contribution in [0.5, 0.6) is 5.75 Å². The molecule has 21 heavy (non-hydrogen) atoms. The molecule has 1 aliphatic rings. The van der Waals surface area contributed by atoms with E-state index in [1.54, 1.807) is 11.3 Å². The minimum Gasteiger partial charge on any atom is -0.506 e. The summed E-state index contributed by atoms with van der Waals surface area (Å²) in [5, 5.41) is 16.0. The van der Waals surface area contributed by atoms with Gasteiger partial charge in [0.1, 0.15) is 5.75 Å². The van der Waals surface area contributed by atoms with Gasteiger partial charge >= 0.3 is 0 Å².